The van der Waals surface area contributed by atoms with E-state index in [2.05, 4.69) is 4.98 Å². The fourth-order valence-corrected chi connectivity index (χ4v) is 4.35. The second-order valence-corrected chi connectivity index (χ2v) is 7.25. The Morgan fingerprint density at radius 2 is 2.25 bits per heavy atom. The van der Waals surface area contributed by atoms with Crippen LogP contribution in [0.4, 0.5) is 0 Å². The van der Waals surface area contributed by atoms with Gasteiger partial charge < -0.3 is 5.73 Å². The summed E-state index contributed by atoms with van der Waals surface area (Å²) in [6.45, 7) is 2.60. The van der Waals surface area contributed by atoms with Crippen LogP contribution in [0.3, 0.4) is 0 Å². The predicted molar refractivity (Wildman–Crippen MR) is 81.9 cm³/mol. The lowest BCUT2D eigenvalue weighted by molar-refractivity contribution is 0.246. The van der Waals surface area contributed by atoms with Gasteiger partial charge in [0, 0.05) is 18.8 Å². The van der Waals surface area contributed by atoms with Gasteiger partial charge in [-0.05, 0) is 31.4 Å². The summed E-state index contributed by atoms with van der Waals surface area (Å²) in [7, 11) is -3.48. The van der Waals surface area contributed by atoms with Gasteiger partial charge >= 0.3 is 0 Å². The summed E-state index contributed by atoms with van der Waals surface area (Å²) in [5.74, 6) is 0. The quantitative estimate of drug-likeness (QED) is 0.856. The van der Waals surface area contributed by atoms with Crippen molar-refractivity contribution < 1.29 is 8.42 Å². The van der Waals surface area contributed by atoms with Crippen molar-refractivity contribution in [2.24, 2.45) is 5.73 Å². The highest BCUT2D eigenvalue weighted by Gasteiger charge is 2.32. The van der Waals surface area contributed by atoms with Gasteiger partial charge in [-0.3, -0.25) is 4.98 Å². The zero-order chi connectivity index (χ0) is 14.8. The van der Waals surface area contributed by atoms with Crippen LogP contribution in [0, 0.1) is 0 Å². The summed E-state index contributed by atoms with van der Waals surface area (Å²) >= 11 is 4.82. The number of thiocarbonyl (C=S) groups is 1. The van der Waals surface area contributed by atoms with Crippen LogP contribution in [0.1, 0.15) is 38.3 Å². The highest BCUT2D eigenvalue weighted by atomic mass is 32.2. The van der Waals surface area contributed by atoms with Crippen molar-refractivity contribution in [1.29, 1.82) is 0 Å². The van der Waals surface area contributed by atoms with E-state index in [0.29, 0.717) is 12.2 Å². The van der Waals surface area contributed by atoms with Crippen LogP contribution < -0.4 is 5.73 Å². The van der Waals surface area contributed by atoms with E-state index in [0.717, 1.165) is 25.7 Å². The number of piperidine rings is 1. The molecule has 7 heteroatoms. The van der Waals surface area contributed by atoms with Crippen molar-refractivity contribution in [3.05, 3.63) is 24.0 Å². The van der Waals surface area contributed by atoms with E-state index >= 15 is 0 Å². The monoisotopic (exact) mass is 313 g/mol. The lowest BCUT2D eigenvalue weighted by Gasteiger charge is -2.34. The summed E-state index contributed by atoms with van der Waals surface area (Å²) < 4.78 is 26.9. The third-order valence-electron chi connectivity index (χ3n) is 3.64. The maximum absolute atomic E-state index is 12.7. The fourth-order valence-electron chi connectivity index (χ4n) is 2.51. The summed E-state index contributed by atoms with van der Waals surface area (Å²) in [5.41, 5.74) is 5.90. The van der Waals surface area contributed by atoms with Gasteiger partial charge in [-0.1, -0.05) is 25.6 Å². The molecule has 5 nitrogen and oxygen atoms in total. The van der Waals surface area contributed by atoms with E-state index in [4.69, 9.17) is 18.0 Å². The highest BCUT2D eigenvalue weighted by molar-refractivity contribution is 7.89. The number of pyridine rings is 1. The number of aromatic nitrogens is 1. The van der Waals surface area contributed by atoms with Gasteiger partial charge in [-0.25, -0.2) is 8.42 Å². The SMILES string of the molecule is CCC1CCCCN1S(=O)(=O)c1ccc(C(N)=S)nc1. The Hall–Kier alpha value is -1.05. The molecule has 1 saturated heterocycles. The molecule has 1 unspecified atom stereocenters. The van der Waals surface area contributed by atoms with Gasteiger partial charge in [-0.15, -0.1) is 0 Å². The van der Waals surface area contributed by atoms with E-state index in [9.17, 15) is 8.42 Å². The molecule has 1 aliphatic heterocycles. The van der Waals surface area contributed by atoms with Gasteiger partial charge in [0.05, 0.1) is 5.69 Å². The zero-order valence-corrected chi connectivity index (χ0v) is 13.1. The Bertz CT molecular complexity index is 584. The second kappa shape index (κ2) is 6.15. The van der Waals surface area contributed by atoms with Gasteiger partial charge in [0.25, 0.3) is 0 Å². The minimum Gasteiger partial charge on any atom is -0.388 e. The molecule has 2 heterocycles. The number of sulfonamides is 1. The molecule has 1 atom stereocenters. The standard InChI is InChI=1S/C13H19N3O2S2/c1-2-10-5-3-4-8-16(10)20(17,18)11-6-7-12(13(14)19)15-9-11/h6-7,9-10H,2-5,8H2,1H3,(H2,14,19). The highest BCUT2D eigenvalue weighted by Crippen LogP contribution is 2.26. The molecule has 0 aliphatic carbocycles. The molecule has 2 rings (SSSR count). The molecule has 1 aromatic heterocycles. The summed E-state index contributed by atoms with van der Waals surface area (Å²) in [6.07, 6.45) is 5.09. The molecule has 1 aliphatic rings. The van der Waals surface area contributed by atoms with Crippen molar-refractivity contribution in [1.82, 2.24) is 9.29 Å². The normalized spacial score (nSPS) is 20.8. The molecule has 0 aromatic carbocycles. The van der Waals surface area contributed by atoms with Gasteiger partial charge in [0.2, 0.25) is 10.0 Å². The minimum atomic E-state index is -3.48. The molecule has 1 fully saturated rings. The zero-order valence-electron chi connectivity index (χ0n) is 11.4. The average Bonchev–Trinajstić information content (AvgIpc) is 2.47. The van der Waals surface area contributed by atoms with Gasteiger partial charge in [0.15, 0.2) is 0 Å². The maximum atomic E-state index is 12.7. The molecule has 0 saturated carbocycles. The topological polar surface area (TPSA) is 76.3 Å². The number of nitrogens with zero attached hydrogens (tertiary/aromatic N) is 2. The van der Waals surface area contributed by atoms with Crippen LogP contribution in [-0.4, -0.2) is 35.3 Å². The molecule has 20 heavy (non-hydrogen) atoms. The Morgan fingerprint density at radius 3 is 2.80 bits per heavy atom. The first-order chi connectivity index (χ1) is 9.46. The van der Waals surface area contributed by atoms with Crippen molar-refractivity contribution in [2.75, 3.05) is 6.54 Å². The van der Waals surface area contributed by atoms with Crippen LogP contribution in [0.15, 0.2) is 23.2 Å². The third-order valence-corrected chi connectivity index (χ3v) is 5.78. The Morgan fingerprint density at radius 1 is 1.50 bits per heavy atom. The molecule has 0 amide bonds. The van der Waals surface area contributed by atoms with Gasteiger partial charge in [0.1, 0.15) is 9.88 Å². The molecule has 0 radical (unpaired) electrons. The van der Waals surface area contributed by atoms with Gasteiger partial charge in [-0.2, -0.15) is 4.31 Å². The predicted octanol–water partition coefficient (Wildman–Crippen LogP) is 1.67. The minimum absolute atomic E-state index is 0.0870. The molecule has 1 aromatic rings. The Balaban J connectivity index is 2.31. The molecule has 2 N–H and O–H groups in total. The van der Waals surface area contributed by atoms with E-state index in [1.807, 2.05) is 6.92 Å². The van der Waals surface area contributed by atoms with Crippen molar-refractivity contribution in [3.8, 4) is 0 Å². The van der Waals surface area contributed by atoms with Crippen LogP contribution in [0.25, 0.3) is 0 Å². The number of hydrogen-bond donors (Lipinski definition) is 1. The number of nitrogens with two attached hydrogens (primary N) is 1. The Labute approximate surface area is 125 Å². The van der Waals surface area contributed by atoms with Crippen LogP contribution in [0.5, 0.6) is 0 Å². The van der Waals surface area contributed by atoms with Crippen molar-refractivity contribution in [3.63, 3.8) is 0 Å². The summed E-state index contributed by atoms with van der Waals surface area (Å²) in [5, 5.41) is 0. The lowest BCUT2D eigenvalue weighted by atomic mass is 10.0. The van der Waals surface area contributed by atoms with Crippen LogP contribution in [0.2, 0.25) is 0 Å². The molecule has 110 valence electrons. The van der Waals surface area contributed by atoms with E-state index < -0.39 is 10.0 Å². The van der Waals surface area contributed by atoms with Crippen molar-refractivity contribution in [2.45, 2.75) is 43.5 Å². The molecular weight excluding hydrogens is 294 g/mol. The van der Waals surface area contributed by atoms with Crippen LogP contribution >= 0.6 is 12.2 Å². The average molecular weight is 313 g/mol. The third kappa shape index (κ3) is 2.99. The first-order valence-electron chi connectivity index (χ1n) is 6.74. The second-order valence-electron chi connectivity index (χ2n) is 4.92. The van der Waals surface area contributed by atoms with Crippen LogP contribution in [-0.2, 0) is 10.0 Å². The molecule has 0 bridgehead atoms. The maximum Gasteiger partial charge on any atom is 0.244 e. The lowest BCUT2D eigenvalue weighted by Crippen LogP contribution is -2.43. The van der Waals surface area contributed by atoms with Crippen molar-refractivity contribution >= 4 is 27.2 Å². The summed E-state index contributed by atoms with van der Waals surface area (Å²) in [4.78, 5) is 4.39. The molecule has 0 spiro atoms. The Kier molecular flexibility index (Phi) is 4.72. The first kappa shape index (κ1) is 15.3. The van der Waals surface area contributed by atoms with E-state index in [1.165, 1.54) is 12.3 Å². The summed E-state index contributed by atoms with van der Waals surface area (Å²) in [6, 6.07) is 3.17. The molecular formula is C13H19N3O2S2. The largest absolute Gasteiger partial charge is 0.388 e. The fraction of sp³-hybridized carbons (Fsp3) is 0.538. The first-order valence-corrected chi connectivity index (χ1v) is 8.59. The van der Waals surface area contributed by atoms with E-state index in [-0.39, 0.29) is 15.9 Å². The number of hydrogen-bond acceptors (Lipinski definition) is 4. The smallest absolute Gasteiger partial charge is 0.244 e. The van der Waals surface area contributed by atoms with E-state index in [1.54, 1.807) is 10.4 Å². The number of rotatable bonds is 4.